The summed E-state index contributed by atoms with van der Waals surface area (Å²) >= 11 is 5.68. The Morgan fingerprint density at radius 3 is 2.75 bits per heavy atom. The predicted octanol–water partition coefficient (Wildman–Crippen LogP) is 2.67. The number of aldehydes is 1. The molecule has 0 unspecified atom stereocenters. The molecule has 2 nitrogen and oxygen atoms in total. The van der Waals surface area contributed by atoms with Crippen LogP contribution in [0.5, 0.6) is 0 Å². The zero-order valence-electron chi connectivity index (χ0n) is 7.04. The van der Waals surface area contributed by atoms with Gasteiger partial charge in [-0.25, -0.2) is 0 Å². The van der Waals surface area contributed by atoms with Crippen molar-refractivity contribution in [3.05, 3.63) is 28.5 Å². The Labute approximate surface area is 76.6 Å². The zero-order valence-corrected chi connectivity index (χ0v) is 7.80. The van der Waals surface area contributed by atoms with Crippen LogP contribution in [0.15, 0.2) is 12.3 Å². The highest BCUT2D eigenvalue weighted by atomic mass is 35.5. The third-order valence-electron chi connectivity index (χ3n) is 1.59. The molecule has 0 aliphatic carbocycles. The Kier molecular flexibility index (Phi) is 2.82. The number of aromatic nitrogens is 1. The maximum Gasteiger partial charge on any atom is 0.151 e. The van der Waals surface area contributed by atoms with Crippen molar-refractivity contribution in [2.75, 3.05) is 0 Å². The van der Waals surface area contributed by atoms with Gasteiger partial charge in [-0.05, 0) is 12.0 Å². The molecule has 0 aromatic carbocycles. The highest BCUT2D eigenvalue weighted by molar-refractivity contribution is 6.30. The number of halogens is 1. The van der Waals surface area contributed by atoms with Crippen molar-refractivity contribution in [3.63, 3.8) is 0 Å². The molecular weight excluding hydrogens is 174 g/mol. The van der Waals surface area contributed by atoms with Gasteiger partial charge in [-0.1, -0.05) is 25.4 Å². The van der Waals surface area contributed by atoms with Crippen molar-refractivity contribution in [3.8, 4) is 0 Å². The van der Waals surface area contributed by atoms with Crippen molar-refractivity contribution < 1.29 is 4.79 Å². The fourth-order valence-electron chi connectivity index (χ4n) is 1.04. The first-order valence-corrected chi connectivity index (χ1v) is 4.13. The van der Waals surface area contributed by atoms with Crippen molar-refractivity contribution in [2.24, 2.45) is 0 Å². The lowest BCUT2D eigenvalue weighted by Crippen LogP contribution is -1.98. The van der Waals surface area contributed by atoms with Crippen LogP contribution in [0.25, 0.3) is 0 Å². The normalized spacial score (nSPS) is 10.3. The molecule has 0 spiro atoms. The minimum absolute atomic E-state index is 0.252. The van der Waals surface area contributed by atoms with Crippen molar-refractivity contribution in [1.29, 1.82) is 0 Å². The first-order chi connectivity index (χ1) is 5.65. The summed E-state index contributed by atoms with van der Waals surface area (Å²) < 4.78 is 0. The van der Waals surface area contributed by atoms with Gasteiger partial charge in [0.15, 0.2) is 6.29 Å². The van der Waals surface area contributed by atoms with Crippen LogP contribution in [0.4, 0.5) is 0 Å². The number of carbonyl (C=O) groups is 1. The molecule has 0 atom stereocenters. The minimum atomic E-state index is 0.252. The fourth-order valence-corrected chi connectivity index (χ4v) is 1.21. The lowest BCUT2D eigenvalue weighted by molar-refractivity contribution is 0.112. The molecule has 1 aromatic heterocycles. The van der Waals surface area contributed by atoms with Gasteiger partial charge in [0, 0.05) is 11.8 Å². The summed E-state index contributed by atoms with van der Waals surface area (Å²) in [6, 6.07) is 1.64. The van der Waals surface area contributed by atoms with Crippen molar-refractivity contribution >= 4 is 17.9 Å². The topological polar surface area (TPSA) is 30.0 Å². The molecule has 0 fully saturated rings. The van der Waals surface area contributed by atoms with E-state index in [9.17, 15) is 4.79 Å². The van der Waals surface area contributed by atoms with E-state index >= 15 is 0 Å². The Bertz CT molecular complexity index is 297. The molecule has 3 heteroatoms. The number of nitrogens with zero attached hydrogens (tertiary/aromatic N) is 1. The molecule has 0 radical (unpaired) electrons. The van der Waals surface area contributed by atoms with Gasteiger partial charge in [-0.2, -0.15) is 0 Å². The first-order valence-electron chi connectivity index (χ1n) is 3.75. The predicted molar refractivity (Wildman–Crippen MR) is 48.7 cm³/mol. The van der Waals surface area contributed by atoms with E-state index in [0.29, 0.717) is 10.6 Å². The van der Waals surface area contributed by atoms with Crippen LogP contribution in [-0.2, 0) is 0 Å². The summed E-state index contributed by atoms with van der Waals surface area (Å²) in [4.78, 5) is 14.7. The summed E-state index contributed by atoms with van der Waals surface area (Å²) in [5.74, 6) is 0.252. The van der Waals surface area contributed by atoms with Gasteiger partial charge in [0.05, 0.1) is 10.7 Å². The standard InChI is InChI=1S/C9H10ClNO/c1-6(2)9-7(5-12)3-8(10)4-11-9/h3-6H,1-2H3. The second kappa shape index (κ2) is 3.68. The minimum Gasteiger partial charge on any atom is -0.298 e. The molecular formula is C9H10ClNO. The molecule has 1 heterocycles. The van der Waals surface area contributed by atoms with Crippen LogP contribution in [0, 0.1) is 0 Å². The summed E-state index contributed by atoms with van der Waals surface area (Å²) in [6.45, 7) is 3.98. The number of carbonyl (C=O) groups excluding carboxylic acids is 1. The van der Waals surface area contributed by atoms with Crippen LogP contribution < -0.4 is 0 Å². The van der Waals surface area contributed by atoms with Crippen LogP contribution in [0.1, 0.15) is 35.8 Å². The summed E-state index contributed by atoms with van der Waals surface area (Å²) in [7, 11) is 0. The number of hydrogen-bond acceptors (Lipinski definition) is 2. The largest absolute Gasteiger partial charge is 0.298 e. The lowest BCUT2D eigenvalue weighted by Gasteiger charge is -2.06. The van der Waals surface area contributed by atoms with Gasteiger partial charge in [-0.15, -0.1) is 0 Å². The molecule has 0 saturated heterocycles. The van der Waals surface area contributed by atoms with E-state index in [1.807, 2.05) is 13.8 Å². The van der Waals surface area contributed by atoms with Gasteiger partial charge >= 0.3 is 0 Å². The van der Waals surface area contributed by atoms with Gasteiger partial charge in [0.1, 0.15) is 0 Å². The highest BCUT2D eigenvalue weighted by Crippen LogP contribution is 2.18. The van der Waals surface area contributed by atoms with Gasteiger partial charge < -0.3 is 0 Å². The van der Waals surface area contributed by atoms with Gasteiger partial charge in [0.25, 0.3) is 0 Å². The smallest absolute Gasteiger partial charge is 0.151 e. The SMILES string of the molecule is CC(C)c1ncc(Cl)cc1C=O. The number of hydrogen-bond donors (Lipinski definition) is 0. The van der Waals surface area contributed by atoms with Crippen molar-refractivity contribution in [1.82, 2.24) is 4.98 Å². The third-order valence-corrected chi connectivity index (χ3v) is 1.80. The maximum atomic E-state index is 10.6. The van der Waals surface area contributed by atoms with Gasteiger partial charge in [0.2, 0.25) is 0 Å². The van der Waals surface area contributed by atoms with Crippen LogP contribution in [0.2, 0.25) is 5.02 Å². The molecule has 0 bridgehead atoms. The Morgan fingerprint density at radius 1 is 1.58 bits per heavy atom. The van der Waals surface area contributed by atoms with E-state index in [-0.39, 0.29) is 5.92 Å². The average Bonchev–Trinajstić information content (AvgIpc) is 2.03. The molecule has 1 aromatic rings. The molecule has 64 valence electrons. The van der Waals surface area contributed by atoms with Crippen molar-refractivity contribution in [2.45, 2.75) is 19.8 Å². The molecule has 0 N–H and O–H groups in total. The summed E-state index contributed by atoms with van der Waals surface area (Å²) in [5, 5.41) is 0.501. The first kappa shape index (κ1) is 9.20. The maximum absolute atomic E-state index is 10.6. The lowest BCUT2D eigenvalue weighted by atomic mass is 10.1. The third kappa shape index (κ3) is 1.83. The average molecular weight is 184 g/mol. The van der Waals surface area contributed by atoms with E-state index in [1.54, 1.807) is 12.3 Å². The molecule has 0 aliphatic heterocycles. The van der Waals surface area contributed by atoms with Crippen LogP contribution in [-0.4, -0.2) is 11.3 Å². The zero-order chi connectivity index (χ0) is 9.14. The molecule has 12 heavy (non-hydrogen) atoms. The van der Waals surface area contributed by atoms with E-state index in [2.05, 4.69) is 4.98 Å². The number of pyridine rings is 1. The van der Waals surface area contributed by atoms with Gasteiger partial charge in [-0.3, -0.25) is 9.78 Å². The van der Waals surface area contributed by atoms with E-state index in [1.165, 1.54) is 0 Å². The Balaban J connectivity index is 3.20. The van der Waals surface area contributed by atoms with E-state index in [0.717, 1.165) is 12.0 Å². The monoisotopic (exact) mass is 183 g/mol. The number of rotatable bonds is 2. The Morgan fingerprint density at radius 2 is 2.25 bits per heavy atom. The highest BCUT2D eigenvalue weighted by Gasteiger charge is 2.07. The van der Waals surface area contributed by atoms with Crippen LogP contribution in [0.3, 0.4) is 0 Å². The quantitative estimate of drug-likeness (QED) is 0.660. The second-order valence-electron chi connectivity index (χ2n) is 2.90. The molecule has 1 rings (SSSR count). The molecule has 0 amide bonds. The van der Waals surface area contributed by atoms with Crippen LogP contribution >= 0.6 is 11.6 Å². The summed E-state index contributed by atoms with van der Waals surface area (Å²) in [5.41, 5.74) is 1.38. The molecule has 0 saturated carbocycles. The summed E-state index contributed by atoms with van der Waals surface area (Å²) in [6.07, 6.45) is 2.35. The Hall–Kier alpha value is -0.890. The van der Waals surface area contributed by atoms with E-state index < -0.39 is 0 Å². The second-order valence-corrected chi connectivity index (χ2v) is 3.34. The fraction of sp³-hybridized carbons (Fsp3) is 0.333. The van der Waals surface area contributed by atoms with E-state index in [4.69, 9.17) is 11.6 Å². The molecule has 0 aliphatic rings.